The molecule has 2 aromatic rings. The summed E-state index contributed by atoms with van der Waals surface area (Å²) in [4.78, 5) is 11.2. The first kappa shape index (κ1) is 15.6. The first-order valence-corrected chi connectivity index (χ1v) is 8.06. The second-order valence-electron chi connectivity index (χ2n) is 6.33. The number of nitrogens with one attached hydrogen (secondary N) is 2. The highest BCUT2D eigenvalue weighted by molar-refractivity contribution is 5.79. The van der Waals surface area contributed by atoms with E-state index < -0.39 is 0 Å². The number of H-pyrrole nitrogens is 1. The minimum absolute atomic E-state index is 0.555. The number of aromatic nitrogens is 3. The van der Waals surface area contributed by atoms with Gasteiger partial charge < -0.3 is 14.6 Å². The Morgan fingerprint density at radius 1 is 1.43 bits per heavy atom. The normalized spacial score (nSPS) is 22.4. The summed E-state index contributed by atoms with van der Waals surface area (Å²) in [5.74, 6) is 4.29. The van der Waals surface area contributed by atoms with Crippen LogP contribution < -0.4 is 5.32 Å². The monoisotopic (exact) mass is 316 g/mol. The van der Waals surface area contributed by atoms with Crippen LogP contribution in [0.2, 0.25) is 0 Å². The van der Waals surface area contributed by atoms with Gasteiger partial charge in [0.25, 0.3) is 0 Å². The molecule has 23 heavy (non-hydrogen) atoms. The third kappa shape index (κ3) is 3.72. The Morgan fingerprint density at radius 2 is 2.22 bits per heavy atom. The SMILES string of the molecule is CN=C(NCc1nc(-c2ccco2)n[nH]1)N1CC(C)CC(C)C1. The topological polar surface area (TPSA) is 82.3 Å². The fourth-order valence-corrected chi connectivity index (χ4v) is 3.22. The van der Waals surface area contributed by atoms with E-state index in [2.05, 4.69) is 44.2 Å². The van der Waals surface area contributed by atoms with E-state index in [9.17, 15) is 0 Å². The molecule has 1 fully saturated rings. The second-order valence-corrected chi connectivity index (χ2v) is 6.33. The van der Waals surface area contributed by atoms with Gasteiger partial charge >= 0.3 is 0 Å². The van der Waals surface area contributed by atoms with Crippen molar-refractivity contribution in [3.63, 3.8) is 0 Å². The number of nitrogens with zero attached hydrogens (tertiary/aromatic N) is 4. The van der Waals surface area contributed by atoms with E-state index in [1.54, 1.807) is 6.26 Å². The van der Waals surface area contributed by atoms with Crippen molar-refractivity contribution in [1.29, 1.82) is 0 Å². The highest BCUT2D eigenvalue weighted by atomic mass is 16.3. The molecule has 0 radical (unpaired) electrons. The number of aromatic amines is 1. The van der Waals surface area contributed by atoms with Gasteiger partial charge in [0.15, 0.2) is 11.7 Å². The Morgan fingerprint density at radius 3 is 2.87 bits per heavy atom. The Kier molecular flexibility index (Phi) is 4.64. The quantitative estimate of drug-likeness (QED) is 0.669. The van der Waals surface area contributed by atoms with Gasteiger partial charge in [-0.25, -0.2) is 4.98 Å². The molecular formula is C16H24N6O. The fraction of sp³-hybridized carbons (Fsp3) is 0.562. The summed E-state index contributed by atoms with van der Waals surface area (Å²) >= 11 is 0. The molecule has 2 unspecified atom stereocenters. The lowest BCUT2D eigenvalue weighted by Gasteiger charge is -2.37. The number of hydrogen-bond donors (Lipinski definition) is 2. The number of furan rings is 1. The number of likely N-dealkylation sites (tertiary alicyclic amines) is 1. The number of aliphatic imine (C=N–C) groups is 1. The van der Waals surface area contributed by atoms with E-state index in [-0.39, 0.29) is 0 Å². The van der Waals surface area contributed by atoms with Crippen LogP contribution >= 0.6 is 0 Å². The van der Waals surface area contributed by atoms with Crippen LogP contribution in [0.15, 0.2) is 27.8 Å². The zero-order valence-corrected chi connectivity index (χ0v) is 13.9. The van der Waals surface area contributed by atoms with Gasteiger partial charge in [0.1, 0.15) is 5.82 Å². The summed E-state index contributed by atoms with van der Waals surface area (Å²) in [6.07, 6.45) is 2.90. The molecule has 0 aliphatic carbocycles. The van der Waals surface area contributed by atoms with Crippen LogP contribution in [0, 0.1) is 11.8 Å². The number of rotatable bonds is 3. The van der Waals surface area contributed by atoms with Crippen LogP contribution in [0.25, 0.3) is 11.6 Å². The van der Waals surface area contributed by atoms with Crippen LogP contribution in [0.5, 0.6) is 0 Å². The van der Waals surface area contributed by atoms with Crippen molar-refractivity contribution in [3.05, 3.63) is 24.2 Å². The van der Waals surface area contributed by atoms with Crippen LogP contribution in [0.3, 0.4) is 0 Å². The van der Waals surface area contributed by atoms with Gasteiger partial charge in [0, 0.05) is 20.1 Å². The fourth-order valence-electron chi connectivity index (χ4n) is 3.22. The molecule has 7 heteroatoms. The van der Waals surface area contributed by atoms with Gasteiger partial charge in [-0.2, -0.15) is 0 Å². The molecular weight excluding hydrogens is 292 g/mol. The summed E-state index contributed by atoms with van der Waals surface area (Å²) in [5.41, 5.74) is 0. The Labute approximate surface area is 136 Å². The number of guanidine groups is 1. The predicted molar refractivity (Wildman–Crippen MR) is 88.8 cm³/mol. The van der Waals surface area contributed by atoms with Crippen LogP contribution in [0.4, 0.5) is 0 Å². The maximum Gasteiger partial charge on any atom is 0.216 e. The first-order valence-electron chi connectivity index (χ1n) is 8.06. The summed E-state index contributed by atoms with van der Waals surface area (Å²) in [6, 6.07) is 3.67. The van der Waals surface area contributed by atoms with E-state index >= 15 is 0 Å². The first-order chi connectivity index (χ1) is 11.2. The van der Waals surface area contributed by atoms with E-state index in [1.165, 1.54) is 6.42 Å². The molecule has 1 aliphatic rings. The van der Waals surface area contributed by atoms with Gasteiger partial charge in [-0.3, -0.25) is 10.1 Å². The molecule has 2 N–H and O–H groups in total. The standard InChI is InChI=1S/C16H24N6O/c1-11-7-12(2)10-22(9-11)16(17-3)18-8-14-19-15(21-20-14)13-5-4-6-23-13/h4-6,11-12H,7-10H2,1-3H3,(H,17,18)(H,19,20,21). The molecule has 124 valence electrons. The Hall–Kier alpha value is -2.31. The highest BCUT2D eigenvalue weighted by Crippen LogP contribution is 2.21. The van der Waals surface area contributed by atoms with Gasteiger partial charge in [-0.15, -0.1) is 5.10 Å². The molecule has 0 bridgehead atoms. The molecule has 1 saturated heterocycles. The molecule has 0 amide bonds. The zero-order chi connectivity index (χ0) is 16.2. The minimum atomic E-state index is 0.555. The largest absolute Gasteiger partial charge is 0.461 e. The van der Waals surface area contributed by atoms with E-state index in [1.807, 2.05) is 19.2 Å². The summed E-state index contributed by atoms with van der Waals surface area (Å²) < 4.78 is 5.30. The molecule has 0 spiro atoms. The third-order valence-electron chi connectivity index (χ3n) is 4.07. The lowest BCUT2D eigenvalue weighted by molar-refractivity contribution is 0.208. The highest BCUT2D eigenvalue weighted by Gasteiger charge is 2.24. The molecule has 1 aliphatic heterocycles. The summed E-state index contributed by atoms with van der Waals surface area (Å²) in [6.45, 7) is 7.22. The average Bonchev–Trinajstić information content (AvgIpc) is 3.18. The molecule has 3 rings (SSSR count). The van der Waals surface area contributed by atoms with E-state index in [0.29, 0.717) is 30.0 Å². The van der Waals surface area contributed by atoms with Crippen LogP contribution in [-0.2, 0) is 6.54 Å². The van der Waals surface area contributed by atoms with Crippen molar-refractivity contribution in [2.45, 2.75) is 26.8 Å². The lowest BCUT2D eigenvalue weighted by atomic mass is 9.92. The second kappa shape index (κ2) is 6.85. The molecule has 3 heterocycles. The molecule has 2 atom stereocenters. The molecule has 0 aromatic carbocycles. The van der Waals surface area contributed by atoms with Crippen molar-refractivity contribution >= 4 is 5.96 Å². The number of piperidine rings is 1. The zero-order valence-electron chi connectivity index (χ0n) is 13.9. The predicted octanol–water partition coefficient (Wildman–Crippen LogP) is 2.12. The van der Waals surface area contributed by atoms with Gasteiger partial charge in [0.05, 0.1) is 12.8 Å². The van der Waals surface area contributed by atoms with Gasteiger partial charge in [-0.1, -0.05) is 13.8 Å². The summed E-state index contributed by atoms with van der Waals surface area (Å²) in [5, 5.41) is 10.5. The third-order valence-corrected chi connectivity index (χ3v) is 4.07. The lowest BCUT2D eigenvalue weighted by Crippen LogP contribution is -2.48. The maximum absolute atomic E-state index is 5.30. The maximum atomic E-state index is 5.30. The van der Waals surface area contributed by atoms with Crippen molar-refractivity contribution in [1.82, 2.24) is 25.4 Å². The van der Waals surface area contributed by atoms with Crippen molar-refractivity contribution < 1.29 is 4.42 Å². The van der Waals surface area contributed by atoms with Crippen LogP contribution in [0.1, 0.15) is 26.1 Å². The summed E-state index contributed by atoms with van der Waals surface area (Å²) in [7, 11) is 1.82. The van der Waals surface area contributed by atoms with E-state index in [0.717, 1.165) is 24.9 Å². The minimum Gasteiger partial charge on any atom is -0.461 e. The molecule has 0 saturated carbocycles. The molecule has 7 nitrogen and oxygen atoms in total. The average molecular weight is 316 g/mol. The van der Waals surface area contributed by atoms with Crippen molar-refractivity contribution in [3.8, 4) is 11.6 Å². The Balaban J connectivity index is 1.60. The Bertz CT molecular complexity index is 637. The van der Waals surface area contributed by atoms with Crippen LogP contribution in [-0.4, -0.2) is 46.2 Å². The smallest absolute Gasteiger partial charge is 0.216 e. The number of hydrogen-bond acceptors (Lipinski definition) is 4. The molecule has 2 aromatic heterocycles. The van der Waals surface area contributed by atoms with E-state index in [4.69, 9.17) is 4.42 Å². The van der Waals surface area contributed by atoms with Crippen molar-refractivity contribution in [2.24, 2.45) is 16.8 Å². The van der Waals surface area contributed by atoms with Crippen molar-refractivity contribution in [2.75, 3.05) is 20.1 Å². The van der Waals surface area contributed by atoms with Gasteiger partial charge in [0.2, 0.25) is 5.82 Å². The van der Waals surface area contributed by atoms with Gasteiger partial charge in [-0.05, 0) is 30.4 Å².